The minimum absolute atomic E-state index is 0.178. The normalized spacial score (nSPS) is 19.6. The minimum atomic E-state index is 0.178. The lowest BCUT2D eigenvalue weighted by Crippen LogP contribution is -2.42. The predicted molar refractivity (Wildman–Crippen MR) is 74.8 cm³/mol. The van der Waals surface area contributed by atoms with Crippen molar-refractivity contribution < 1.29 is 9.47 Å². The molecule has 1 fully saturated rings. The summed E-state index contributed by atoms with van der Waals surface area (Å²) in [7, 11) is 2.14. The van der Waals surface area contributed by atoms with Crippen LogP contribution in [-0.2, 0) is 0 Å². The van der Waals surface area contributed by atoms with Gasteiger partial charge in [-0.2, -0.15) is 0 Å². The van der Waals surface area contributed by atoms with Crippen LogP contribution in [-0.4, -0.2) is 31.3 Å². The van der Waals surface area contributed by atoms with E-state index in [0.717, 1.165) is 11.3 Å². The lowest BCUT2D eigenvalue weighted by atomic mass is 9.89. The van der Waals surface area contributed by atoms with Gasteiger partial charge in [-0.1, -0.05) is 18.0 Å². The van der Waals surface area contributed by atoms with Crippen LogP contribution in [0.1, 0.15) is 30.9 Å². The zero-order chi connectivity index (χ0) is 13.4. The highest BCUT2D eigenvalue weighted by molar-refractivity contribution is 6.32. The second-order valence-corrected chi connectivity index (χ2v) is 5.65. The maximum absolute atomic E-state index is 6.24. The third-order valence-corrected chi connectivity index (χ3v) is 4.48. The zero-order valence-corrected chi connectivity index (χ0v) is 11.8. The second kappa shape index (κ2) is 5.19. The van der Waals surface area contributed by atoms with Crippen LogP contribution in [0.15, 0.2) is 12.1 Å². The molecule has 0 radical (unpaired) electrons. The molecule has 1 aliphatic carbocycles. The molecule has 1 aliphatic heterocycles. The predicted octanol–water partition coefficient (Wildman–Crippen LogP) is 2.55. The molecule has 3 rings (SSSR count). The maximum Gasteiger partial charge on any atom is 0.231 e. The van der Waals surface area contributed by atoms with Gasteiger partial charge in [0.1, 0.15) is 0 Å². The lowest BCUT2D eigenvalue weighted by Gasteiger charge is -2.40. The van der Waals surface area contributed by atoms with Crippen molar-refractivity contribution in [1.29, 1.82) is 0 Å². The molecule has 2 aliphatic rings. The third kappa shape index (κ3) is 2.29. The number of nitrogens with two attached hydrogens (primary N) is 1. The molecule has 1 unspecified atom stereocenters. The molecule has 0 saturated heterocycles. The average molecular weight is 283 g/mol. The van der Waals surface area contributed by atoms with E-state index in [1.807, 2.05) is 12.1 Å². The molecule has 4 nitrogen and oxygen atoms in total. The first-order valence-corrected chi connectivity index (χ1v) is 7.09. The van der Waals surface area contributed by atoms with Gasteiger partial charge in [0.2, 0.25) is 6.79 Å². The number of benzene rings is 1. The van der Waals surface area contributed by atoms with Gasteiger partial charge in [-0.25, -0.2) is 0 Å². The highest BCUT2D eigenvalue weighted by Crippen LogP contribution is 2.42. The number of rotatable bonds is 4. The van der Waals surface area contributed by atoms with Gasteiger partial charge in [-0.05, 0) is 37.6 Å². The monoisotopic (exact) mass is 282 g/mol. The van der Waals surface area contributed by atoms with Gasteiger partial charge in [-0.15, -0.1) is 0 Å². The third-order valence-electron chi connectivity index (χ3n) is 4.20. The second-order valence-electron chi connectivity index (χ2n) is 5.24. The molecule has 5 heteroatoms. The smallest absolute Gasteiger partial charge is 0.231 e. The van der Waals surface area contributed by atoms with Gasteiger partial charge in [0.15, 0.2) is 11.5 Å². The average Bonchev–Trinajstić information content (AvgIpc) is 2.76. The summed E-state index contributed by atoms with van der Waals surface area (Å²) in [6.45, 7) is 0.813. The quantitative estimate of drug-likeness (QED) is 0.922. The van der Waals surface area contributed by atoms with Crippen molar-refractivity contribution in [2.24, 2.45) is 5.73 Å². The number of fused-ring (bicyclic) bond motifs is 1. The molecule has 1 aromatic carbocycles. The number of hydrogen-bond acceptors (Lipinski definition) is 4. The van der Waals surface area contributed by atoms with Gasteiger partial charge < -0.3 is 15.2 Å². The van der Waals surface area contributed by atoms with Crippen molar-refractivity contribution in [2.45, 2.75) is 31.3 Å². The molecular formula is C14H19ClN2O2. The first-order valence-electron chi connectivity index (χ1n) is 6.71. The van der Waals surface area contributed by atoms with Crippen LogP contribution in [0.2, 0.25) is 5.02 Å². The number of ether oxygens (including phenoxy) is 2. The zero-order valence-electron chi connectivity index (χ0n) is 11.1. The largest absolute Gasteiger partial charge is 0.454 e. The molecule has 2 N–H and O–H groups in total. The van der Waals surface area contributed by atoms with Gasteiger partial charge in [0, 0.05) is 18.6 Å². The van der Waals surface area contributed by atoms with Crippen molar-refractivity contribution in [3.8, 4) is 11.5 Å². The van der Waals surface area contributed by atoms with E-state index >= 15 is 0 Å². The first-order chi connectivity index (χ1) is 9.20. The van der Waals surface area contributed by atoms with E-state index in [0.29, 0.717) is 23.4 Å². The number of halogens is 1. The Kier molecular flexibility index (Phi) is 3.56. The molecule has 1 heterocycles. The number of nitrogens with zero attached hydrogens (tertiary/aromatic N) is 1. The topological polar surface area (TPSA) is 47.7 Å². The fraction of sp³-hybridized carbons (Fsp3) is 0.571. The van der Waals surface area contributed by atoms with E-state index in [-0.39, 0.29) is 12.8 Å². The van der Waals surface area contributed by atoms with Crippen molar-refractivity contribution in [1.82, 2.24) is 4.90 Å². The summed E-state index contributed by atoms with van der Waals surface area (Å²) in [5.41, 5.74) is 7.06. The Balaban J connectivity index is 1.88. The molecule has 0 aromatic heterocycles. The number of likely N-dealkylation sites (N-methyl/N-ethyl adjacent to an activating group) is 1. The summed E-state index contributed by atoms with van der Waals surface area (Å²) in [6.07, 6.45) is 3.82. The highest BCUT2D eigenvalue weighted by atomic mass is 35.5. The van der Waals surface area contributed by atoms with E-state index in [1.165, 1.54) is 19.3 Å². The Morgan fingerprint density at radius 2 is 2.21 bits per heavy atom. The van der Waals surface area contributed by atoms with Crippen molar-refractivity contribution >= 4 is 11.6 Å². The van der Waals surface area contributed by atoms with E-state index < -0.39 is 0 Å². The Labute approximate surface area is 118 Å². The van der Waals surface area contributed by atoms with Crippen LogP contribution >= 0.6 is 11.6 Å². The Morgan fingerprint density at radius 3 is 2.84 bits per heavy atom. The van der Waals surface area contributed by atoms with Crippen LogP contribution in [0.3, 0.4) is 0 Å². The first kappa shape index (κ1) is 13.0. The molecule has 1 saturated carbocycles. The van der Waals surface area contributed by atoms with Crippen molar-refractivity contribution in [3.63, 3.8) is 0 Å². The van der Waals surface area contributed by atoms with E-state index in [4.69, 9.17) is 26.8 Å². The molecule has 0 bridgehead atoms. The van der Waals surface area contributed by atoms with E-state index in [2.05, 4.69) is 11.9 Å². The summed E-state index contributed by atoms with van der Waals surface area (Å²) in [5, 5.41) is 0.602. The van der Waals surface area contributed by atoms with Crippen molar-refractivity contribution in [3.05, 3.63) is 22.7 Å². The van der Waals surface area contributed by atoms with Crippen molar-refractivity contribution in [2.75, 3.05) is 20.4 Å². The molecule has 1 aromatic rings. The molecule has 0 amide bonds. The Morgan fingerprint density at radius 1 is 1.42 bits per heavy atom. The molecule has 104 valence electrons. The van der Waals surface area contributed by atoms with Crippen LogP contribution in [0.4, 0.5) is 0 Å². The van der Waals surface area contributed by atoms with Gasteiger partial charge in [0.25, 0.3) is 0 Å². The SMILES string of the molecule is CN(C1CCC1)C(CN)c1cc(Cl)c2c(c1)OCO2. The van der Waals surface area contributed by atoms with Crippen LogP contribution in [0.25, 0.3) is 0 Å². The fourth-order valence-electron chi connectivity index (χ4n) is 2.77. The van der Waals surface area contributed by atoms with Gasteiger partial charge in [-0.3, -0.25) is 4.90 Å². The minimum Gasteiger partial charge on any atom is -0.454 e. The standard InChI is InChI=1S/C14H19ClN2O2/c1-17(10-3-2-4-10)12(7-16)9-5-11(15)14-13(6-9)18-8-19-14/h5-6,10,12H,2-4,7-8,16H2,1H3. The molecule has 0 spiro atoms. The van der Waals surface area contributed by atoms with Crippen LogP contribution < -0.4 is 15.2 Å². The van der Waals surface area contributed by atoms with Gasteiger partial charge >= 0.3 is 0 Å². The Hall–Kier alpha value is -0.970. The molecular weight excluding hydrogens is 264 g/mol. The summed E-state index contributed by atoms with van der Waals surface area (Å²) in [5.74, 6) is 1.37. The van der Waals surface area contributed by atoms with E-state index in [9.17, 15) is 0 Å². The lowest BCUT2D eigenvalue weighted by molar-refractivity contribution is 0.113. The maximum atomic E-state index is 6.24. The van der Waals surface area contributed by atoms with Crippen LogP contribution in [0, 0.1) is 0 Å². The fourth-order valence-corrected chi connectivity index (χ4v) is 3.04. The Bertz CT molecular complexity index is 477. The summed E-state index contributed by atoms with van der Waals surface area (Å²) >= 11 is 6.24. The molecule has 1 atom stereocenters. The molecule has 19 heavy (non-hydrogen) atoms. The van der Waals surface area contributed by atoms with Gasteiger partial charge in [0.05, 0.1) is 5.02 Å². The number of hydrogen-bond donors (Lipinski definition) is 1. The summed E-state index contributed by atoms with van der Waals surface area (Å²) < 4.78 is 10.8. The summed E-state index contributed by atoms with van der Waals surface area (Å²) in [6, 6.07) is 4.76. The highest BCUT2D eigenvalue weighted by Gasteiger charge is 2.29. The van der Waals surface area contributed by atoms with Crippen LogP contribution in [0.5, 0.6) is 11.5 Å². The summed E-state index contributed by atoms with van der Waals surface area (Å²) in [4.78, 5) is 2.36. The van der Waals surface area contributed by atoms with E-state index in [1.54, 1.807) is 0 Å².